The molecule has 0 aliphatic carbocycles. The fourth-order valence-electron chi connectivity index (χ4n) is 2.34. The molecule has 7 nitrogen and oxygen atoms in total. The van der Waals surface area contributed by atoms with Crippen LogP contribution in [0.1, 0.15) is 10.4 Å². The van der Waals surface area contributed by atoms with Crippen molar-refractivity contribution >= 4 is 28.5 Å². The van der Waals surface area contributed by atoms with Gasteiger partial charge in [-0.2, -0.15) is 0 Å². The van der Waals surface area contributed by atoms with Crippen molar-refractivity contribution in [1.82, 2.24) is 9.55 Å². The fraction of sp³-hybridized carbons (Fsp3) is 0.0588. The molecule has 0 aliphatic rings. The molecular weight excluding hydrogens is 310 g/mol. The molecule has 1 heterocycles. The summed E-state index contributed by atoms with van der Waals surface area (Å²) in [6.45, 7) is -0.259. The van der Waals surface area contributed by atoms with Crippen LogP contribution in [0.25, 0.3) is 10.9 Å². The van der Waals surface area contributed by atoms with Crippen molar-refractivity contribution in [2.45, 2.75) is 6.54 Å². The highest BCUT2D eigenvalue weighted by Crippen LogP contribution is 2.14. The summed E-state index contributed by atoms with van der Waals surface area (Å²) in [5.74, 6) is -1.65. The molecule has 2 aromatic carbocycles. The number of para-hydroxylation sites is 2. The highest BCUT2D eigenvalue weighted by atomic mass is 16.4. The van der Waals surface area contributed by atoms with Gasteiger partial charge in [-0.15, -0.1) is 0 Å². The molecule has 0 saturated heterocycles. The number of aromatic nitrogens is 2. The topological polar surface area (TPSA) is 101 Å². The van der Waals surface area contributed by atoms with Crippen LogP contribution >= 0.6 is 0 Å². The number of carboxylic acids is 1. The summed E-state index contributed by atoms with van der Waals surface area (Å²) < 4.78 is 1.18. The second kappa shape index (κ2) is 6.33. The predicted molar refractivity (Wildman–Crippen MR) is 88.0 cm³/mol. The van der Waals surface area contributed by atoms with E-state index in [1.807, 2.05) is 0 Å². The van der Waals surface area contributed by atoms with Gasteiger partial charge in [-0.3, -0.25) is 14.2 Å². The second-order valence-electron chi connectivity index (χ2n) is 5.09. The minimum atomic E-state index is -1.14. The predicted octanol–water partition coefficient (Wildman–Crippen LogP) is 1.73. The lowest BCUT2D eigenvalue weighted by Gasteiger charge is -2.10. The monoisotopic (exact) mass is 323 g/mol. The molecule has 0 saturated carbocycles. The van der Waals surface area contributed by atoms with Crippen LogP contribution in [0.3, 0.4) is 0 Å². The third kappa shape index (κ3) is 3.00. The largest absolute Gasteiger partial charge is 0.478 e. The standard InChI is InChI=1S/C17H13N3O4/c21-15(19-14-8-4-2-6-12(14)17(23)24)9-20-10-18-13-7-3-1-5-11(13)16(20)22/h1-8,10H,9H2,(H,19,21)(H,23,24). The van der Waals surface area contributed by atoms with E-state index in [-0.39, 0.29) is 23.4 Å². The number of nitrogens with one attached hydrogen (secondary N) is 1. The number of carboxylic acid groups (broad SMARTS) is 1. The number of amides is 1. The van der Waals surface area contributed by atoms with Crippen molar-refractivity contribution < 1.29 is 14.7 Å². The first-order valence-electron chi connectivity index (χ1n) is 7.12. The summed E-state index contributed by atoms with van der Waals surface area (Å²) in [6, 6.07) is 12.9. The summed E-state index contributed by atoms with van der Waals surface area (Å²) in [4.78, 5) is 39.8. The number of hydrogen-bond donors (Lipinski definition) is 2. The number of benzene rings is 2. The molecule has 0 atom stereocenters. The van der Waals surface area contributed by atoms with Crippen molar-refractivity contribution in [3.05, 3.63) is 70.8 Å². The minimum Gasteiger partial charge on any atom is -0.478 e. The molecule has 0 unspecified atom stereocenters. The van der Waals surface area contributed by atoms with Crippen LogP contribution in [0.2, 0.25) is 0 Å². The smallest absolute Gasteiger partial charge is 0.337 e. The third-order valence-corrected chi connectivity index (χ3v) is 3.48. The first kappa shape index (κ1) is 15.4. The number of rotatable bonds is 4. The molecule has 0 fully saturated rings. The zero-order chi connectivity index (χ0) is 17.1. The van der Waals surface area contributed by atoms with Gasteiger partial charge < -0.3 is 10.4 Å². The Morgan fingerprint density at radius 3 is 2.58 bits per heavy atom. The van der Waals surface area contributed by atoms with Crippen LogP contribution in [0.4, 0.5) is 5.69 Å². The van der Waals surface area contributed by atoms with E-state index in [1.165, 1.54) is 23.0 Å². The Labute approximate surface area is 136 Å². The Hall–Kier alpha value is -3.48. The zero-order valence-corrected chi connectivity index (χ0v) is 12.5. The number of nitrogens with zero attached hydrogens (tertiary/aromatic N) is 2. The molecule has 1 amide bonds. The van der Waals surface area contributed by atoms with Crippen molar-refractivity contribution in [1.29, 1.82) is 0 Å². The normalized spacial score (nSPS) is 10.5. The van der Waals surface area contributed by atoms with E-state index in [1.54, 1.807) is 36.4 Å². The van der Waals surface area contributed by atoms with E-state index in [2.05, 4.69) is 10.3 Å². The molecule has 0 radical (unpaired) electrons. The maximum absolute atomic E-state index is 12.3. The first-order chi connectivity index (χ1) is 11.6. The maximum Gasteiger partial charge on any atom is 0.337 e. The molecule has 120 valence electrons. The molecule has 3 aromatic rings. The zero-order valence-electron chi connectivity index (χ0n) is 12.5. The molecule has 0 aliphatic heterocycles. The van der Waals surface area contributed by atoms with Gasteiger partial charge in [-0.25, -0.2) is 9.78 Å². The number of carbonyl (C=O) groups excluding carboxylic acids is 1. The van der Waals surface area contributed by atoms with Crippen molar-refractivity contribution in [3.8, 4) is 0 Å². The van der Waals surface area contributed by atoms with Gasteiger partial charge in [0.25, 0.3) is 5.56 Å². The summed E-state index contributed by atoms with van der Waals surface area (Å²) in [7, 11) is 0. The Morgan fingerprint density at radius 2 is 1.79 bits per heavy atom. The highest BCUT2D eigenvalue weighted by molar-refractivity contribution is 6.00. The van der Waals surface area contributed by atoms with E-state index >= 15 is 0 Å². The van der Waals surface area contributed by atoms with E-state index in [9.17, 15) is 14.4 Å². The van der Waals surface area contributed by atoms with Gasteiger partial charge in [0.15, 0.2) is 0 Å². The quantitative estimate of drug-likeness (QED) is 0.761. The van der Waals surface area contributed by atoms with E-state index < -0.39 is 11.9 Å². The van der Waals surface area contributed by atoms with Gasteiger partial charge in [0, 0.05) is 0 Å². The van der Waals surface area contributed by atoms with Gasteiger partial charge in [0.2, 0.25) is 5.91 Å². The number of aromatic carboxylic acids is 1. The third-order valence-electron chi connectivity index (χ3n) is 3.48. The van der Waals surface area contributed by atoms with Crippen LogP contribution in [0, 0.1) is 0 Å². The van der Waals surface area contributed by atoms with Crippen molar-refractivity contribution in [2.75, 3.05) is 5.32 Å². The number of anilines is 1. The van der Waals surface area contributed by atoms with Crippen LogP contribution in [0.15, 0.2) is 59.7 Å². The average molecular weight is 323 g/mol. The van der Waals surface area contributed by atoms with E-state index in [0.717, 1.165) is 0 Å². The van der Waals surface area contributed by atoms with E-state index in [0.29, 0.717) is 10.9 Å². The number of carbonyl (C=O) groups is 2. The van der Waals surface area contributed by atoms with Crippen LogP contribution < -0.4 is 10.9 Å². The van der Waals surface area contributed by atoms with Gasteiger partial charge in [0.1, 0.15) is 6.54 Å². The molecule has 24 heavy (non-hydrogen) atoms. The molecule has 0 spiro atoms. The van der Waals surface area contributed by atoms with Crippen molar-refractivity contribution in [2.24, 2.45) is 0 Å². The van der Waals surface area contributed by atoms with Gasteiger partial charge in [0.05, 0.1) is 28.5 Å². The molecule has 3 rings (SSSR count). The Morgan fingerprint density at radius 1 is 1.08 bits per heavy atom. The highest BCUT2D eigenvalue weighted by Gasteiger charge is 2.13. The van der Waals surface area contributed by atoms with E-state index in [4.69, 9.17) is 5.11 Å². The minimum absolute atomic E-state index is 0.0187. The molecule has 0 bridgehead atoms. The van der Waals surface area contributed by atoms with Crippen LogP contribution in [-0.4, -0.2) is 26.5 Å². The first-order valence-corrected chi connectivity index (χ1v) is 7.12. The fourth-order valence-corrected chi connectivity index (χ4v) is 2.34. The summed E-state index contributed by atoms with van der Waals surface area (Å²) >= 11 is 0. The summed E-state index contributed by atoms with van der Waals surface area (Å²) in [5.41, 5.74) is 0.379. The number of fused-ring (bicyclic) bond motifs is 1. The maximum atomic E-state index is 12.3. The summed E-state index contributed by atoms with van der Waals surface area (Å²) in [5, 5.41) is 12.0. The lowest BCUT2D eigenvalue weighted by Crippen LogP contribution is -2.28. The van der Waals surface area contributed by atoms with Gasteiger partial charge in [-0.05, 0) is 24.3 Å². The molecule has 7 heteroatoms. The Kier molecular flexibility index (Phi) is 4.07. The second-order valence-corrected chi connectivity index (χ2v) is 5.09. The summed E-state index contributed by atoms with van der Waals surface area (Å²) in [6.07, 6.45) is 1.30. The van der Waals surface area contributed by atoms with Gasteiger partial charge >= 0.3 is 5.97 Å². The Balaban J connectivity index is 1.85. The molecular formula is C17H13N3O4. The Bertz CT molecular complexity index is 994. The van der Waals surface area contributed by atoms with Crippen molar-refractivity contribution in [3.63, 3.8) is 0 Å². The average Bonchev–Trinajstić information content (AvgIpc) is 2.58. The lowest BCUT2D eigenvalue weighted by molar-refractivity contribution is -0.116. The van der Waals surface area contributed by atoms with Crippen LogP contribution in [-0.2, 0) is 11.3 Å². The van der Waals surface area contributed by atoms with Gasteiger partial charge in [-0.1, -0.05) is 24.3 Å². The lowest BCUT2D eigenvalue weighted by atomic mass is 10.2. The van der Waals surface area contributed by atoms with Crippen LogP contribution in [0.5, 0.6) is 0 Å². The number of hydrogen-bond acceptors (Lipinski definition) is 4. The molecule has 1 aromatic heterocycles. The molecule has 2 N–H and O–H groups in total. The SMILES string of the molecule is O=C(Cn1cnc2ccccc2c1=O)Nc1ccccc1C(=O)O.